The molecule has 8 heteroatoms. The maximum atomic E-state index is 6.55. The molecule has 0 amide bonds. The topological polar surface area (TPSA) is 74.1 Å². The Kier molecular flexibility index (Phi) is 3.85. The molecule has 2 atom stereocenters. The molecule has 0 bridgehead atoms. The zero-order valence-corrected chi connectivity index (χ0v) is 16.8. The zero-order chi connectivity index (χ0) is 20.1. The molecule has 2 aromatic carbocycles. The van der Waals surface area contributed by atoms with Crippen LogP contribution in [0.15, 0.2) is 71.6 Å². The summed E-state index contributed by atoms with van der Waals surface area (Å²) < 4.78 is 14.1. The molecule has 148 valence electrons. The molecule has 0 aliphatic carbocycles. The normalized spacial score (nSPS) is 19.2. The lowest BCUT2D eigenvalue weighted by atomic mass is 9.86. The van der Waals surface area contributed by atoms with E-state index in [2.05, 4.69) is 44.4 Å². The molecular weight excluding hydrogens is 398 g/mol. The largest absolute Gasteiger partial charge is 0.496 e. The molecule has 0 radical (unpaired) electrons. The summed E-state index contributed by atoms with van der Waals surface area (Å²) in [6.07, 6.45) is -0.269. The minimum Gasteiger partial charge on any atom is -0.496 e. The predicted molar refractivity (Wildman–Crippen MR) is 114 cm³/mol. The average Bonchev–Trinajstić information content (AvgIpc) is 3.49. The predicted octanol–water partition coefficient (Wildman–Crippen LogP) is 4.30. The van der Waals surface area contributed by atoms with Crippen LogP contribution in [-0.4, -0.2) is 27.3 Å². The van der Waals surface area contributed by atoms with E-state index in [1.54, 1.807) is 23.1 Å². The van der Waals surface area contributed by atoms with E-state index in [0.717, 1.165) is 38.8 Å². The van der Waals surface area contributed by atoms with Crippen LogP contribution in [0.1, 0.15) is 28.1 Å². The number of fused-ring (bicyclic) bond motifs is 3. The van der Waals surface area contributed by atoms with Gasteiger partial charge in [0.15, 0.2) is 6.10 Å². The summed E-state index contributed by atoms with van der Waals surface area (Å²) in [6.45, 7) is 0. The quantitative estimate of drug-likeness (QED) is 0.538. The van der Waals surface area contributed by atoms with Crippen molar-refractivity contribution < 1.29 is 9.47 Å². The molecule has 0 saturated heterocycles. The van der Waals surface area contributed by atoms with Gasteiger partial charge in [-0.25, -0.2) is 0 Å². The highest BCUT2D eigenvalue weighted by molar-refractivity contribution is 7.10. The van der Waals surface area contributed by atoms with Crippen molar-refractivity contribution in [2.24, 2.45) is 0 Å². The van der Waals surface area contributed by atoms with Crippen molar-refractivity contribution in [3.63, 3.8) is 0 Å². The van der Waals surface area contributed by atoms with Crippen molar-refractivity contribution in [1.82, 2.24) is 20.2 Å². The van der Waals surface area contributed by atoms with Crippen molar-refractivity contribution in [1.29, 1.82) is 0 Å². The molecule has 6 rings (SSSR count). The van der Waals surface area contributed by atoms with Gasteiger partial charge in [0, 0.05) is 21.6 Å². The molecule has 30 heavy (non-hydrogen) atoms. The monoisotopic (exact) mass is 415 g/mol. The number of hydrogen-bond donors (Lipinski definition) is 1. The molecule has 1 N–H and O–H groups in total. The van der Waals surface area contributed by atoms with Gasteiger partial charge >= 0.3 is 0 Å². The number of nitrogens with zero attached hydrogens (tertiary/aromatic N) is 4. The number of rotatable bonds is 3. The maximum absolute atomic E-state index is 6.55. The van der Waals surface area contributed by atoms with E-state index in [9.17, 15) is 0 Å². The fourth-order valence-corrected chi connectivity index (χ4v) is 4.98. The highest BCUT2D eigenvalue weighted by Crippen LogP contribution is 2.52. The summed E-state index contributed by atoms with van der Waals surface area (Å²) in [7, 11) is 1.68. The fourth-order valence-electron chi connectivity index (χ4n) is 4.21. The lowest BCUT2D eigenvalue weighted by Crippen LogP contribution is -2.32. The zero-order valence-electron chi connectivity index (χ0n) is 16.0. The lowest BCUT2D eigenvalue weighted by molar-refractivity contribution is 0.225. The number of thiophene rings is 1. The first-order valence-electron chi connectivity index (χ1n) is 9.56. The Labute approximate surface area is 176 Å². The van der Waals surface area contributed by atoms with Gasteiger partial charge in [0.25, 0.3) is 0 Å². The number of aromatic nitrogens is 4. The first kappa shape index (κ1) is 17.2. The maximum Gasteiger partial charge on any atom is 0.248 e. The number of anilines is 1. The number of benzene rings is 2. The van der Waals surface area contributed by atoms with E-state index in [1.165, 1.54) is 0 Å². The van der Waals surface area contributed by atoms with E-state index in [0.29, 0.717) is 5.95 Å². The van der Waals surface area contributed by atoms with Gasteiger partial charge in [-0.3, -0.25) is 0 Å². The van der Waals surface area contributed by atoms with Crippen LogP contribution in [0.3, 0.4) is 0 Å². The Morgan fingerprint density at radius 3 is 2.80 bits per heavy atom. The number of ether oxygens (including phenoxy) is 2. The molecule has 0 spiro atoms. The Morgan fingerprint density at radius 1 is 1.07 bits per heavy atom. The van der Waals surface area contributed by atoms with Gasteiger partial charge < -0.3 is 14.8 Å². The number of tetrazole rings is 1. The van der Waals surface area contributed by atoms with Crippen molar-refractivity contribution in [3.05, 3.63) is 87.6 Å². The highest BCUT2D eigenvalue weighted by atomic mass is 32.1. The molecule has 0 unspecified atom stereocenters. The summed E-state index contributed by atoms with van der Waals surface area (Å²) in [5.74, 6) is 2.20. The van der Waals surface area contributed by atoms with Gasteiger partial charge in [-0.05, 0) is 40.1 Å². The minimum absolute atomic E-state index is 0.269. The van der Waals surface area contributed by atoms with Crippen LogP contribution in [0, 0.1) is 0 Å². The van der Waals surface area contributed by atoms with Crippen molar-refractivity contribution in [2.75, 3.05) is 12.4 Å². The van der Waals surface area contributed by atoms with Crippen LogP contribution < -0.4 is 14.8 Å². The highest BCUT2D eigenvalue weighted by Gasteiger charge is 2.42. The summed E-state index contributed by atoms with van der Waals surface area (Å²) >= 11 is 1.67. The molecule has 0 saturated carbocycles. The second-order valence-corrected chi connectivity index (χ2v) is 8.04. The first-order valence-corrected chi connectivity index (χ1v) is 10.4. The van der Waals surface area contributed by atoms with Crippen molar-refractivity contribution in [3.8, 4) is 11.5 Å². The number of methoxy groups -OCH3 is 1. The SMILES string of the molecule is COc1ccccc1[C@@H]1C2=C(Nc3nnnn31)c1ccccc1O[C@@H]2c1cccs1. The van der Waals surface area contributed by atoms with E-state index in [4.69, 9.17) is 9.47 Å². The smallest absolute Gasteiger partial charge is 0.248 e. The molecule has 2 aliphatic rings. The summed E-state index contributed by atoms with van der Waals surface area (Å²) in [6, 6.07) is 19.9. The second kappa shape index (κ2) is 6.70. The molecule has 0 fully saturated rings. The number of nitrogens with one attached hydrogen (secondary N) is 1. The molecule has 2 aliphatic heterocycles. The van der Waals surface area contributed by atoms with Crippen LogP contribution >= 0.6 is 11.3 Å². The second-order valence-electron chi connectivity index (χ2n) is 7.06. The van der Waals surface area contributed by atoms with Gasteiger partial charge in [0.1, 0.15) is 17.5 Å². The van der Waals surface area contributed by atoms with Crippen LogP contribution in [0.25, 0.3) is 5.70 Å². The first-order chi connectivity index (χ1) is 14.8. The molecule has 4 heterocycles. The molecule has 2 aromatic heterocycles. The van der Waals surface area contributed by atoms with Gasteiger partial charge in [-0.15, -0.1) is 11.3 Å². The number of hydrogen-bond acceptors (Lipinski definition) is 7. The third-order valence-corrected chi connectivity index (χ3v) is 6.39. The van der Waals surface area contributed by atoms with E-state index >= 15 is 0 Å². The van der Waals surface area contributed by atoms with Crippen LogP contribution in [0.2, 0.25) is 0 Å². The Hall–Kier alpha value is -3.65. The van der Waals surface area contributed by atoms with Gasteiger partial charge in [-0.2, -0.15) is 4.68 Å². The Balaban J connectivity index is 1.66. The molecule has 7 nitrogen and oxygen atoms in total. The van der Waals surface area contributed by atoms with Crippen LogP contribution in [-0.2, 0) is 0 Å². The number of para-hydroxylation sites is 2. The summed E-state index contributed by atoms with van der Waals surface area (Å²) in [5, 5.41) is 18.0. The summed E-state index contributed by atoms with van der Waals surface area (Å²) in [5.41, 5.74) is 4.01. The third kappa shape index (κ3) is 2.47. The van der Waals surface area contributed by atoms with E-state index in [-0.39, 0.29) is 12.1 Å². The lowest BCUT2D eigenvalue weighted by Gasteiger charge is -2.38. The van der Waals surface area contributed by atoms with Gasteiger partial charge in [-0.1, -0.05) is 41.5 Å². The van der Waals surface area contributed by atoms with Crippen LogP contribution in [0.5, 0.6) is 11.5 Å². The van der Waals surface area contributed by atoms with E-state index in [1.807, 2.05) is 42.5 Å². The average molecular weight is 415 g/mol. The molecular formula is C22H17N5O2S. The minimum atomic E-state index is -0.275. The standard InChI is InChI=1S/C22H17N5O2S/c1-28-15-9-4-3-8-14(15)20-18-19(23-22-24-25-26-27(20)22)13-7-2-5-10-16(13)29-21(18)17-11-6-12-30-17/h2-12,20-21H,1H3,(H,23,24,26)/t20-,21-/m1/s1. The molecule has 4 aromatic rings. The third-order valence-electron chi connectivity index (χ3n) is 5.48. The van der Waals surface area contributed by atoms with Gasteiger partial charge in [0.2, 0.25) is 5.95 Å². The van der Waals surface area contributed by atoms with Crippen LogP contribution in [0.4, 0.5) is 5.95 Å². The van der Waals surface area contributed by atoms with Gasteiger partial charge in [0.05, 0.1) is 12.8 Å². The Morgan fingerprint density at radius 2 is 1.93 bits per heavy atom. The fraction of sp³-hybridized carbons (Fsp3) is 0.136. The Bertz CT molecular complexity index is 1260. The summed E-state index contributed by atoms with van der Waals surface area (Å²) in [4.78, 5) is 1.12. The van der Waals surface area contributed by atoms with Crippen molar-refractivity contribution in [2.45, 2.75) is 12.1 Å². The van der Waals surface area contributed by atoms with E-state index < -0.39 is 0 Å². The van der Waals surface area contributed by atoms with Crippen molar-refractivity contribution >= 4 is 23.0 Å².